The summed E-state index contributed by atoms with van der Waals surface area (Å²) >= 11 is 7.64. The lowest BCUT2D eigenvalue weighted by Crippen LogP contribution is -2.30. The first-order valence-electron chi connectivity index (χ1n) is 6.32. The van der Waals surface area contributed by atoms with Crippen molar-refractivity contribution in [1.29, 1.82) is 0 Å². The van der Waals surface area contributed by atoms with Gasteiger partial charge in [0.05, 0.1) is 5.92 Å². The van der Waals surface area contributed by atoms with Crippen LogP contribution in [0.25, 0.3) is 0 Å². The van der Waals surface area contributed by atoms with Gasteiger partial charge in [0, 0.05) is 22.6 Å². The Morgan fingerprint density at radius 2 is 2.33 bits per heavy atom. The minimum Gasteiger partial charge on any atom is -0.356 e. The molecule has 2 atom stereocenters. The van der Waals surface area contributed by atoms with E-state index < -0.39 is 0 Å². The third-order valence-electron chi connectivity index (χ3n) is 3.09. The van der Waals surface area contributed by atoms with Gasteiger partial charge in [0.1, 0.15) is 0 Å². The molecule has 0 saturated carbocycles. The number of rotatable bonds is 5. The van der Waals surface area contributed by atoms with Crippen LogP contribution in [0.2, 0.25) is 0 Å². The highest BCUT2D eigenvalue weighted by Gasteiger charge is 2.28. The van der Waals surface area contributed by atoms with E-state index in [2.05, 4.69) is 17.4 Å². The van der Waals surface area contributed by atoms with Crippen molar-refractivity contribution in [2.45, 2.75) is 36.0 Å². The number of carbonyl (C=O) groups is 1. The minimum atomic E-state index is 0.0135. The maximum Gasteiger partial charge on any atom is 0.228 e. The zero-order valence-electron chi connectivity index (χ0n) is 10.5. The van der Waals surface area contributed by atoms with Crippen LogP contribution in [0.4, 0.5) is 0 Å². The Hall–Kier alpha value is -0.670. The summed E-state index contributed by atoms with van der Waals surface area (Å²) in [5, 5.41) is 3.19. The van der Waals surface area contributed by atoms with Crippen LogP contribution in [0, 0.1) is 0 Å². The minimum absolute atomic E-state index is 0.0135. The van der Waals surface area contributed by atoms with Crippen LogP contribution in [0.15, 0.2) is 29.2 Å². The molecule has 4 heteroatoms. The highest BCUT2D eigenvalue weighted by Crippen LogP contribution is 2.39. The zero-order valence-corrected chi connectivity index (χ0v) is 12.1. The highest BCUT2D eigenvalue weighted by atomic mass is 35.5. The molecular weight excluding hydrogens is 266 g/mol. The Morgan fingerprint density at radius 3 is 3.11 bits per heavy atom. The molecule has 0 bridgehead atoms. The standard InChI is InChI=1S/C14H18ClNOS/c1-10(15)5-4-8-16-14(17)12-9-18-13-7-3-2-6-11(12)13/h2-3,6-7,10,12H,4-5,8-9H2,1H3,(H,16,17). The second-order valence-electron chi connectivity index (χ2n) is 4.62. The van der Waals surface area contributed by atoms with Gasteiger partial charge in [-0.2, -0.15) is 0 Å². The molecule has 0 fully saturated rings. The van der Waals surface area contributed by atoms with Crippen LogP contribution in [-0.2, 0) is 4.79 Å². The predicted molar refractivity (Wildman–Crippen MR) is 77.5 cm³/mol. The summed E-state index contributed by atoms with van der Waals surface area (Å²) in [6, 6.07) is 8.16. The predicted octanol–water partition coefficient (Wildman–Crippen LogP) is 3.40. The smallest absolute Gasteiger partial charge is 0.228 e. The summed E-state index contributed by atoms with van der Waals surface area (Å²) < 4.78 is 0. The van der Waals surface area contributed by atoms with Crippen LogP contribution in [0.1, 0.15) is 31.2 Å². The Balaban J connectivity index is 1.84. The van der Waals surface area contributed by atoms with Gasteiger partial charge in [0.2, 0.25) is 5.91 Å². The SMILES string of the molecule is CC(Cl)CCCNC(=O)C1CSc2ccccc21. The maximum absolute atomic E-state index is 12.1. The van der Waals surface area contributed by atoms with Gasteiger partial charge in [0.15, 0.2) is 0 Å². The first-order valence-corrected chi connectivity index (χ1v) is 7.74. The van der Waals surface area contributed by atoms with E-state index in [0.717, 1.165) is 25.1 Å². The third kappa shape index (κ3) is 3.42. The summed E-state index contributed by atoms with van der Waals surface area (Å²) in [5.41, 5.74) is 1.17. The first-order chi connectivity index (χ1) is 8.68. The van der Waals surface area contributed by atoms with E-state index in [-0.39, 0.29) is 17.2 Å². The Bertz CT molecular complexity index is 422. The topological polar surface area (TPSA) is 29.1 Å². The average Bonchev–Trinajstić information content (AvgIpc) is 2.78. The lowest BCUT2D eigenvalue weighted by molar-refractivity contribution is -0.122. The first kappa shape index (κ1) is 13.8. The number of carbonyl (C=O) groups excluding carboxylic acids is 1. The molecule has 1 amide bonds. The number of thioether (sulfide) groups is 1. The molecule has 0 spiro atoms. The van der Waals surface area contributed by atoms with E-state index in [9.17, 15) is 4.79 Å². The molecule has 2 nitrogen and oxygen atoms in total. The van der Waals surface area contributed by atoms with Crippen molar-refractivity contribution in [2.75, 3.05) is 12.3 Å². The number of halogens is 1. The van der Waals surface area contributed by atoms with E-state index >= 15 is 0 Å². The largest absolute Gasteiger partial charge is 0.356 e. The molecule has 98 valence electrons. The molecule has 1 heterocycles. The number of nitrogens with one attached hydrogen (secondary N) is 1. The molecule has 2 rings (SSSR count). The Kier molecular flexibility index (Phi) is 4.95. The lowest BCUT2D eigenvalue weighted by Gasteiger charge is -2.11. The van der Waals surface area contributed by atoms with Gasteiger partial charge in [-0.25, -0.2) is 0 Å². The summed E-state index contributed by atoms with van der Waals surface area (Å²) in [7, 11) is 0. The molecule has 18 heavy (non-hydrogen) atoms. The number of hydrogen-bond donors (Lipinski definition) is 1. The van der Waals surface area contributed by atoms with Crippen molar-refractivity contribution in [3.05, 3.63) is 29.8 Å². The molecule has 1 aromatic rings. The number of benzene rings is 1. The van der Waals surface area contributed by atoms with Gasteiger partial charge < -0.3 is 5.32 Å². The second-order valence-corrected chi connectivity index (χ2v) is 6.42. The summed E-state index contributed by atoms with van der Waals surface area (Å²) in [5.74, 6) is 1.02. The molecule has 1 aliphatic rings. The number of fused-ring (bicyclic) bond motifs is 1. The summed E-state index contributed by atoms with van der Waals surface area (Å²) in [4.78, 5) is 13.3. The van der Waals surface area contributed by atoms with Crippen LogP contribution < -0.4 is 5.32 Å². The van der Waals surface area contributed by atoms with Gasteiger partial charge in [-0.15, -0.1) is 23.4 Å². The van der Waals surface area contributed by atoms with Gasteiger partial charge >= 0.3 is 0 Å². The molecule has 2 unspecified atom stereocenters. The van der Waals surface area contributed by atoms with Crippen molar-refractivity contribution in [3.8, 4) is 0 Å². The number of hydrogen-bond acceptors (Lipinski definition) is 2. The Labute approximate surface area is 117 Å². The zero-order chi connectivity index (χ0) is 13.0. The number of alkyl halides is 1. The summed E-state index contributed by atoms with van der Waals surface area (Å²) in [6.07, 6.45) is 1.88. The fourth-order valence-corrected chi connectivity index (χ4v) is 3.48. The van der Waals surface area contributed by atoms with E-state index in [1.54, 1.807) is 11.8 Å². The fourth-order valence-electron chi connectivity index (χ4n) is 2.10. The number of amides is 1. The molecule has 1 N–H and O–H groups in total. The van der Waals surface area contributed by atoms with E-state index in [1.807, 2.05) is 19.1 Å². The van der Waals surface area contributed by atoms with Crippen LogP contribution in [-0.4, -0.2) is 23.6 Å². The van der Waals surface area contributed by atoms with Crippen molar-refractivity contribution < 1.29 is 4.79 Å². The van der Waals surface area contributed by atoms with E-state index in [4.69, 9.17) is 11.6 Å². The normalized spacial score (nSPS) is 19.3. The second kappa shape index (κ2) is 6.48. The molecule has 0 aliphatic carbocycles. The van der Waals surface area contributed by atoms with Gasteiger partial charge in [-0.3, -0.25) is 4.79 Å². The Morgan fingerprint density at radius 1 is 1.56 bits per heavy atom. The van der Waals surface area contributed by atoms with Crippen LogP contribution >= 0.6 is 23.4 Å². The molecule has 1 aromatic carbocycles. The molecule has 0 aromatic heterocycles. The molecule has 0 radical (unpaired) electrons. The van der Waals surface area contributed by atoms with Crippen LogP contribution in [0.3, 0.4) is 0 Å². The van der Waals surface area contributed by atoms with Crippen molar-refractivity contribution >= 4 is 29.3 Å². The lowest BCUT2D eigenvalue weighted by atomic mass is 10.0. The van der Waals surface area contributed by atoms with Gasteiger partial charge in [0.25, 0.3) is 0 Å². The molecular formula is C14H18ClNOS. The van der Waals surface area contributed by atoms with Gasteiger partial charge in [-0.05, 0) is 31.4 Å². The van der Waals surface area contributed by atoms with Crippen molar-refractivity contribution in [1.82, 2.24) is 5.32 Å². The van der Waals surface area contributed by atoms with Crippen LogP contribution in [0.5, 0.6) is 0 Å². The fraction of sp³-hybridized carbons (Fsp3) is 0.500. The van der Waals surface area contributed by atoms with E-state index in [0.29, 0.717) is 0 Å². The van der Waals surface area contributed by atoms with Gasteiger partial charge in [-0.1, -0.05) is 18.2 Å². The monoisotopic (exact) mass is 283 g/mol. The molecule has 1 aliphatic heterocycles. The van der Waals surface area contributed by atoms with Crippen molar-refractivity contribution in [2.24, 2.45) is 0 Å². The quantitative estimate of drug-likeness (QED) is 0.663. The maximum atomic E-state index is 12.1. The highest BCUT2D eigenvalue weighted by molar-refractivity contribution is 7.99. The van der Waals surface area contributed by atoms with Crippen molar-refractivity contribution in [3.63, 3.8) is 0 Å². The third-order valence-corrected chi connectivity index (χ3v) is 4.50. The average molecular weight is 284 g/mol. The van der Waals surface area contributed by atoms with E-state index in [1.165, 1.54) is 10.5 Å². The molecule has 0 saturated heterocycles. The summed E-state index contributed by atoms with van der Waals surface area (Å²) in [6.45, 7) is 2.70.